The Morgan fingerprint density at radius 2 is 1.81 bits per heavy atom. The molecule has 2 aromatic carbocycles. The molecule has 0 aliphatic carbocycles. The SMILES string of the molecule is Oc1ccc(C2=NN3[C@@H](c4ccncc4)Oc4ccc(Cl)cc4[C@@H]3C2)cc1. The second-order valence-corrected chi connectivity index (χ2v) is 7.06. The number of pyridine rings is 1. The second-order valence-electron chi connectivity index (χ2n) is 6.63. The van der Waals surface area contributed by atoms with Crippen molar-refractivity contribution in [3.63, 3.8) is 0 Å². The van der Waals surface area contributed by atoms with Gasteiger partial charge in [0, 0.05) is 35.0 Å². The minimum Gasteiger partial charge on any atom is -0.508 e. The largest absolute Gasteiger partial charge is 0.508 e. The molecule has 1 N–H and O–H groups in total. The molecular weight excluding hydrogens is 362 g/mol. The molecule has 134 valence electrons. The molecule has 0 fully saturated rings. The molecule has 6 heteroatoms. The average Bonchev–Trinajstić information content (AvgIpc) is 3.14. The number of phenols is 1. The minimum absolute atomic E-state index is 0.0365. The predicted molar refractivity (Wildman–Crippen MR) is 103 cm³/mol. The summed E-state index contributed by atoms with van der Waals surface area (Å²) < 4.78 is 6.28. The summed E-state index contributed by atoms with van der Waals surface area (Å²) in [6, 6.07) is 16.8. The highest BCUT2D eigenvalue weighted by Crippen LogP contribution is 2.48. The molecule has 0 saturated carbocycles. The highest BCUT2D eigenvalue weighted by molar-refractivity contribution is 6.30. The van der Waals surface area contributed by atoms with E-state index >= 15 is 0 Å². The van der Waals surface area contributed by atoms with Crippen LogP contribution in [0.1, 0.15) is 35.4 Å². The third kappa shape index (κ3) is 2.80. The molecule has 2 atom stereocenters. The molecule has 2 aliphatic rings. The zero-order valence-corrected chi connectivity index (χ0v) is 15.0. The maximum Gasteiger partial charge on any atom is 0.213 e. The van der Waals surface area contributed by atoms with Crippen LogP contribution in [0.25, 0.3) is 0 Å². The lowest BCUT2D eigenvalue weighted by Crippen LogP contribution is -2.33. The standard InChI is InChI=1S/C21H16ClN3O2/c22-15-3-6-20-17(11-15)19-12-18(13-1-4-16(26)5-2-13)24-25(19)21(27-20)14-7-9-23-10-8-14/h1-11,19,21,26H,12H2/t19-,21+/m0/s1. The third-order valence-electron chi connectivity index (χ3n) is 4.94. The molecule has 3 aromatic rings. The molecular formula is C21H16ClN3O2. The van der Waals surface area contributed by atoms with Crippen LogP contribution in [0.15, 0.2) is 72.1 Å². The zero-order chi connectivity index (χ0) is 18.4. The molecule has 3 heterocycles. The summed E-state index contributed by atoms with van der Waals surface area (Å²) in [7, 11) is 0. The van der Waals surface area contributed by atoms with E-state index in [0.717, 1.165) is 34.6 Å². The van der Waals surface area contributed by atoms with E-state index in [0.29, 0.717) is 5.02 Å². The van der Waals surface area contributed by atoms with Gasteiger partial charge in [-0.3, -0.25) is 4.98 Å². The summed E-state index contributed by atoms with van der Waals surface area (Å²) >= 11 is 6.24. The van der Waals surface area contributed by atoms with Crippen molar-refractivity contribution in [3.05, 3.63) is 88.7 Å². The lowest BCUT2D eigenvalue weighted by molar-refractivity contribution is -0.0190. The smallest absolute Gasteiger partial charge is 0.213 e. The van der Waals surface area contributed by atoms with Gasteiger partial charge in [-0.15, -0.1) is 0 Å². The quantitative estimate of drug-likeness (QED) is 0.704. The molecule has 2 aliphatic heterocycles. The fourth-order valence-electron chi connectivity index (χ4n) is 3.63. The normalized spacial score (nSPS) is 20.5. The molecule has 0 spiro atoms. The van der Waals surface area contributed by atoms with Crippen LogP contribution in [-0.4, -0.2) is 20.8 Å². The Kier molecular flexibility index (Phi) is 3.76. The van der Waals surface area contributed by atoms with Gasteiger partial charge in [-0.1, -0.05) is 11.6 Å². The van der Waals surface area contributed by atoms with Crippen LogP contribution in [0.3, 0.4) is 0 Å². The van der Waals surface area contributed by atoms with E-state index in [1.165, 1.54) is 0 Å². The molecule has 1 aromatic heterocycles. The summed E-state index contributed by atoms with van der Waals surface area (Å²) in [6.07, 6.45) is 3.92. The van der Waals surface area contributed by atoms with Gasteiger partial charge < -0.3 is 9.84 Å². The van der Waals surface area contributed by atoms with E-state index in [2.05, 4.69) is 4.98 Å². The lowest BCUT2D eigenvalue weighted by atomic mass is 9.96. The fourth-order valence-corrected chi connectivity index (χ4v) is 3.82. The van der Waals surface area contributed by atoms with E-state index in [9.17, 15) is 5.11 Å². The number of hydrazone groups is 1. The molecule has 0 bridgehead atoms. The number of aromatic nitrogens is 1. The predicted octanol–water partition coefficient (Wildman–Crippen LogP) is 4.68. The summed E-state index contributed by atoms with van der Waals surface area (Å²) in [5.74, 6) is 1.06. The zero-order valence-electron chi connectivity index (χ0n) is 14.3. The summed E-state index contributed by atoms with van der Waals surface area (Å²) in [4.78, 5) is 4.10. The Hall–Kier alpha value is -3.05. The van der Waals surface area contributed by atoms with Gasteiger partial charge in [-0.2, -0.15) is 5.10 Å². The summed E-state index contributed by atoms with van der Waals surface area (Å²) in [6.45, 7) is 0. The number of hydrogen-bond acceptors (Lipinski definition) is 5. The van der Waals surface area contributed by atoms with Gasteiger partial charge in [-0.25, -0.2) is 5.01 Å². The highest BCUT2D eigenvalue weighted by atomic mass is 35.5. The maximum atomic E-state index is 9.57. The maximum absolute atomic E-state index is 9.57. The summed E-state index contributed by atoms with van der Waals surface area (Å²) in [5.41, 5.74) is 3.96. The third-order valence-corrected chi connectivity index (χ3v) is 5.18. The van der Waals surface area contributed by atoms with Crippen LogP contribution in [0.2, 0.25) is 5.02 Å². The highest BCUT2D eigenvalue weighted by Gasteiger charge is 2.41. The number of aromatic hydroxyl groups is 1. The Balaban J connectivity index is 1.60. The molecule has 0 amide bonds. The number of benzene rings is 2. The monoisotopic (exact) mass is 377 g/mol. The van der Waals surface area contributed by atoms with Crippen molar-refractivity contribution in [2.45, 2.75) is 18.7 Å². The Morgan fingerprint density at radius 1 is 1.04 bits per heavy atom. The van der Waals surface area contributed by atoms with Crippen LogP contribution in [0.5, 0.6) is 11.5 Å². The van der Waals surface area contributed by atoms with Crippen molar-refractivity contribution in [1.29, 1.82) is 0 Å². The van der Waals surface area contributed by atoms with Crippen molar-refractivity contribution in [3.8, 4) is 11.5 Å². The van der Waals surface area contributed by atoms with Crippen LogP contribution >= 0.6 is 11.6 Å². The number of ether oxygens (including phenoxy) is 1. The van der Waals surface area contributed by atoms with Gasteiger partial charge in [0.25, 0.3) is 0 Å². The van der Waals surface area contributed by atoms with Gasteiger partial charge in [0.2, 0.25) is 6.23 Å². The fraction of sp³-hybridized carbons (Fsp3) is 0.143. The molecule has 5 rings (SSSR count). The van der Waals surface area contributed by atoms with Crippen LogP contribution in [0.4, 0.5) is 0 Å². The number of phenolic OH excluding ortho intramolecular Hbond substituents is 1. The van der Waals surface area contributed by atoms with E-state index in [1.807, 2.05) is 47.5 Å². The van der Waals surface area contributed by atoms with E-state index in [4.69, 9.17) is 21.4 Å². The van der Waals surface area contributed by atoms with Gasteiger partial charge in [0.1, 0.15) is 11.5 Å². The molecule has 0 saturated heterocycles. The van der Waals surface area contributed by atoms with E-state index < -0.39 is 0 Å². The number of hydrogen-bond donors (Lipinski definition) is 1. The van der Waals surface area contributed by atoms with Crippen LogP contribution in [-0.2, 0) is 0 Å². The van der Waals surface area contributed by atoms with E-state index in [-0.39, 0.29) is 18.0 Å². The Morgan fingerprint density at radius 3 is 2.59 bits per heavy atom. The molecule has 5 nitrogen and oxygen atoms in total. The lowest BCUT2D eigenvalue weighted by Gasteiger charge is -2.38. The molecule has 0 radical (unpaired) electrons. The van der Waals surface area contributed by atoms with Gasteiger partial charge in [0.15, 0.2) is 0 Å². The van der Waals surface area contributed by atoms with Crippen molar-refractivity contribution in [2.75, 3.05) is 0 Å². The Bertz CT molecular complexity index is 1020. The second kappa shape index (κ2) is 6.28. The number of fused-ring (bicyclic) bond motifs is 3. The number of rotatable bonds is 2. The summed E-state index contributed by atoms with van der Waals surface area (Å²) in [5, 5.41) is 17.1. The number of halogens is 1. The topological polar surface area (TPSA) is 58.0 Å². The van der Waals surface area contributed by atoms with Crippen molar-refractivity contribution < 1.29 is 9.84 Å². The van der Waals surface area contributed by atoms with E-state index in [1.54, 1.807) is 24.5 Å². The first-order valence-corrected chi connectivity index (χ1v) is 9.08. The molecule has 27 heavy (non-hydrogen) atoms. The first-order valence-electron chi connectivity index (χ1n) is 8.70. The van der Waals surface area contributed by atoms with Crippen LogP contribution in [0, 0.1) is 0 Å². The Labute approximate surface area is 161 Å². The van der Waals surface area contributed by atoms with Crippen LogP contribution < -0.4 is 4.74 Å². The first-order chi connectivity index (χ1) is 13.2. The average molecular weight is 378 g/mol. The van der Waals surface area contributed by atoms with Crippen molar-refractivity contribution in [2.24, 2.45) is 5.10 Å². The first kappa shape index (κ1) is 16.1. The van der Waals surface area contributed by atoms with Gasteiger partial charge in [-0.05, 0) is 60.2 Å². The molecule has 0 unspecified atom stereocenters. The van der Waals surface area contributed by atoms with Gasteiger partial charge >= 0.3 is 0 Å². The number of nitrogens with zero attached hydrogens (tertiary/aromatic N) is 3. The van der Waals surface area contributed by atoms with Crippen molar-refractivity contribution >= 4 is 17.3 Å². The van der Waals surface area contributed by atoms with Crippen molar-refractivity contribution in [1.82, 2.24) is 9.99 Å². The van der Waals surface area contributed by atoms with Gasteiger partial charge in [0.05, 0.1) is 11.8 Å². The minimum atomic E-state index is -0.332.